The van der Waals surface area contributed by atoms with Gasteiger partial charge in [0.2, 0.25) is 0 Å². The van der Waals surface area contributed by atoms with Crippen molar-refractivity contribution in [2.24, 2.45) is 0 Å². The van der Waals surface area contributed by atoms with Crippen molar-refractivity contribution in [1.82, 2.24) is 9.88 Å². The zero-order chi connectivity index (χ0) is 23.5. The van der Waals surface area contributed by atoms with Gasteiger partial charge in [0.05, 0.1) is 23.4 Å². The monoisotopic (exact) mass is 471 g/mol. The molecule has 3 aromatic carbocycles. The Hall–Kier alpha value is -3.57. The molecule has 34 heavy (non-hydrogen) atoms. The highest BCUT2D eigenvalue weighted by Gasteiger charge is 2.24. The minimum atomic E-state index is 0.0338. The molecule has 6 heteroatoms. The van der Waals surface area contributed by atoms with Crippen LogP contribution in [0.1, 0.15) is 17.3 Å². The lowest BCUT2D eigenvalue weighted by Gasteiger charge is -2.36. The van der Waals surface area contributed by atoms with Crippen molar-refractivity contribution in [3.05, 3.63) is 89.4 Å². The Kier molecular flexibility index (Phi) is 6.37. The molecule has 1 saturated heterocycles. The fraction of sp³-hybridized carbons (Fsp3) is 0.214. The lowest BCUT2D eigenvalue weighted by molar-refractivity contribution is 0.0748. The number of para-hydroxylation sites is 1. The smallest absolute Gasteiger partial charge is 0.254 e. The number of carbonyl (C=O) groups is 1. The topological polar surface area (TPSA) is 45.7 Å². The maximum Gasteiger partial charge on any atom is 0.254 e. The van der Waals surface area contributed by atoms with E-state index >= 15 is 0 Å². The highest BCUT2D eigenvalue weighted by Crippen LogP contribution is 2.29. The van der Waals surface area contributed by atoms with Crippen molar-refractivity contribution in [2.75, 3.05) is 37.7 Å². The molecule has 1 amide bonds. The van der Waals surface area contributed by atoms with Crippen LogP contribution in [-0.2, 0) is 0 Å². The van der Waals surface area contributed by atoms with Gasteiger partial charge in [0, 0.05) is 47.8 Å². The van der Waals surface area contributed by atoms with Crippen LogP contribution in [-0.4, -0.2) is 48.6 Å². The van der Waals surface area contributed by atoms with Gasteiger partial charge in [-0.1, -0.05) is 48.0 Å². The molecular formula is C28H26ClN3O2. The standard InChI is InChI=1S/C28H26ClN3O2/c1-2-34-23-10-5-7-20(17-23)27-19-25(24-11-3-4-12-26(24)30-27)28(33)32-15-13-31(14-16-32)22-9-6-8-21(29)18-22/h3-12,17-19H,2,13-16H2,1H3. The molecule has 1 aliphatic rings. The molecule has 0 radical (unpaired) electrons. The molecule has 1 aromatic heterocycles. The zero-order valence-electron chi connectivity index (χ0n) is 19.1. The predicted octanol–water partition coefficient (Wildman–Crippen LogP) is 5.92. The minimum Gasteiger partial charge on any atom is -0.494 e. The van der Waals surface area contributed by atoms with Crippen molar-refractivity contribution in [2.45, 2.75) is 6.92 Å². The van der Waals surface area contributed by atoms with Crippen molar-refractivity contribution in [3.63, 3.8) is 0 Å². The van der Waals surface area contributed by atoms with E-state index in [1.54, 1.807) is 0 Å². The van der Waals surface area contributed by atoms with Gasteiger partial charge in [-0.15, -0.1) is 0 Å². The van der Waals surface area contributed by atoms with E-state index in [0.29, 0.717) is 25.3 Å². The third kappa shape index (κ3) is 4.57. The van der Waals surface area contributed by atoms with Gasteiger partial charge >= 0.3 is 0 Å². The Morgan fingerprint density at radius 1 is 0.941 bits per heavy atom. The number of amides is 1. The van der Waals surface area contributed by atoms with Crippen molar-refractivity contribution < 1.29 is 9.53 Å². The first kappa shape index (κ1) is 22.2. The molecule has 172 valence electrons. The molecule has 0 spiro atoms. The summed E-state index contributed by atoms with van der Waals surface area (Å²) in [6.07, 6.45) is 0. The first-order valence-corrected chi connectivity index (χ1v) is 11.9. The molecule has 5 nitrogen and oxygen atoms in total. The number of rotatable bonds is 5. The third-order valence-corrected chi connectivity index (χ3v) is 6.36. The molecule has 2 heterocycles. The number of aromatic nitrogens is 1. The van der Waals surface area contributed by atoms with Crippen molar-refractivity contribution in [1.29, 1.82) is 0 Å². The zero-order valence-corrected chi connectivity index (χ0v) is 19.8. The number of hydrogen-bond donors (Lipinski definition) is 0. The number of benzene rings is 3. The van der Waals surface area contributed by atoms with Gasteiger partial charge in [0.25, 0.3) is 5.91 Å². The quantitative estimate of drug-likeness (QED) is 0.362. The van der Waals surface area contributed by atoms with Crippen LogP contribution in [0.2, 0.25) is 5.02 Å². The van der Waals surface area contributed by atoms with Crippen molar-refractivity contribution >= 4 is 34.1 Å². The van der Waals surface area contributed by atoms with E-state index < -0.39 is 0 Å². The Bertz CT molecular complexity index is 1330. The molecular weight excluding hydrogens is 446 g/mol. The van der Waals surface area contributed by atoms with E-state index in [2.05, 4.69) is 11.0 Å². The van der Waals surface area contributed by atoms with Crippen LogP contribution < -0.4 is 9.64 Å². The Morgan fingerprint density at radius 3 is 2.53 bits per heavy atom. The van der Waals surface area contributed by atoms with Crippen LogP contribution in [0.25, 0.3) is 22.2 Å². The predicted molar refractivity (Wildman–Crippen MR) is 138 cm³/mol. The fourth-order valence-electron chi connectivity index (χ4n) is 4.42. The van der Waals surface area contributed by atoms with Gasteiger partial charge in [0.15, 0.2) is 0 Å². The number of fused-ring (bicyclic) bond motifs is 1. The highest BCUT2D eigenvalue weighted by molar-refractivity contribution is 6.30. The average Bonchev–Trinajstić information content (AvgIpc) is 2.88. The average molecular weight is 472 g/mol. The maximum atomic E-state index is 13.7. The second-order valence-electron chi connectivity index (χ2n) is 8.29. The molecule has 1 fully saturated rings. The number of hydrogen-bond acceptors (Lipinski definition) is 4. The van der Waals surface area contributed by atoms with E-state index in [0.717, 1.165) is 51.7 Å². The second kappa shape index (κ2) is 9.74. The summed E-state index contributed by atoms with van der Waals surface area (Å²) in [6.45, 7) is 5.38. The molecule has 0 saturated carbocycles. The summed E-state index contributed by atoms with van der Waals surface area (Å²) in [6, 6.07) is 25.5. The molecule has 0 unspecified atom stereocenters. The second-order valence-corrected chi connectivity index (χ2v) is 8.73. The van der Waals surface area contributed by atoms with Crippen LogP contribution in [0, 0.1) is 0 Å². The number of carbonyl (C=O) groups excluding carboxylic acids is 1. The molecule has 0 aliphatic carbocycles. The first-order chi connectivity index (χ1) is 16.6. The van der Waals surface area contributed by atoms with Gasteiger partial charge in [0.1, 0.15) is 5.75 Å². The van der Waals surface area contributed by atoms with Crippen LogP contribution in [0.5, 0.6) is 5.75 Å². The summed E-state index contributed by atoms with van der Waals surface area (Å²) in [5.41, 5.74) is 4.27. The lowest BCUT2D eigenvalue weighted by atomic mass is 10.0. The van der Waals surface area contributed by atoms with E-state index in [-0.39, 0.29) is 5.91 Å². The van der Waals surface area contributed by atoms with Crippen LogP contribution in [0.4, 0.5) is 5.69 Å². The minimum absolute atomic E-state index is 0.0338. The highest BCUT2D eigenvalue weighted by atomic mass is 35.5. The molecule has 4 aromatic rings. The number of piperazine rings is 1. The number of ether oxygens (including phenoxy) is 1. The lowest BCUT2D eigenvalue weighted by Crippen LogP contribution is -2.48. The molecule has 0 atom stereocenters. The number of halogens is 1. The van der Waals surface area contributed by atoms with Gasteiger partial charge in [-0.2, -0.15) is 0 Å². The van der Waals surface area contributed by atoms with Gasteiger partial charge < -0.3 is 14.5 Å². The van der Waals surface area contributed by atoms with Crippen LogP contribution >= 0.6 is 11.6 Å². The van der Waals surface area contributed by atoms with E-state index in [4.69, 9.17) is 21.3 Å². The molecule has 1 aliphatic heterocycles. The molecule has 0 N–H and O–H groups in total. The summed E-state index contributed by atoms with van der Waals surface area (Å²) < 4.78 is 5.67. The normalized spacial score (nSPS) is 13.8. The van der Waals surface area contributed by atoms with Gasteiger partial charge in [-0.25, -0.2) is 4.98 Å². The summed E-state index contributed by atoms with van der Waals surface area (Å²) in [5, 5.41) is 1.59. The van der Waals surface area contributed by atoms with Gasteiger partial charge in [-0.05, 0) is 49.4 Å². The SMILES string of the molecule is CCOc1cccc(-c2cc(C(=O)N3CCN(c4cccc(Cl)c4)CC3)c3ccccc3n2)c1. The largest absolute Gasteiger partial charge is 0.494 e. The van der Waals surface area contributed by atoms with Gasteiger partial charge in [-0.3, -0.25) is 4.79 Å². The number of pyridine rings is 1. The Morgan fingerprint density at radius 2 is 1.74 bits per heavy atom. The maximum absolute atomic E-state index is 13.7. The van der Waals surface area contributed by atoms with Crippen molar-refractivity contribution in [3.8, 4) is 17.0 Å². The number of nitrogens with zero attached hydrogens (tertiary/aromatic N) is 3. The fourth-order valence-corrected chi connectivity index (χ4v) is 4.61. The summed E-state index contributed by atoms with van der Waals surface area (Å²) in [5.74, 6) is 0.825. The summed E-state index contributed by atoms with van der Waals surface area (Å²) in [4.78, 5) is 22.7. The summed E-state index contributed by atoms with van der Waals surface area (Å²) >= 11 is 6.17. The van der Waals surface area contributed by atoms with Crippen LogP contribution in [0.3, 0.4) is 0 Å². The van der Waals surface area contributed by atoms with E-state index in [9.17, 15) is 4.79 Å². The van der Waals surface area contributed by atoms with E-state index in [1.165, 1.54) is 0 Å². The van der Waals surface area contributed by atoms with E-state index in [1.807, 2.05) is 84.6 Å². The Labute approximate surface area is 204 Å². The molecule has 5 rings (SSSR count). The molecule has 0 bridgehead atoms. The Balaban J connectivity index is 1.44. The number of anilines is 1. The van der Waals surface area contributed by atoms with Crippen LogP contribution in [0.15, 0.2) is 78.9 Å². The summed E-state index contributed by atoms with van der Waals surface area (Å²) in [7, 11) is 0. The third-order valence-electron chi connectivity index (χ3n) is 6.13. The first-order valence-electron chi connectivity index (χ1n) is 11.5.